The van der Waals surface area contributed by atoms with Gasteiger partial charge >= 0.3 is 5.97 Å². The third-order valence-electron chi connectivity index (χ3n) is 2.82. The van der Waals surface area contributed by atoms with Crippen molar-refractivity contribution >= 4 is 11.9 Å². The fraction of sp³-hybridized carbons (Fsp3) is 0.467. The number of benzene rings is 1. The first-order valence-corrected chi connectivity index (χ1v) is 6.78. The third kappa shape index (κ3) is 6.33. The number of amides is 1. The van der Waals surface area contributed by atoms with Crippen LogP contribution in [0.2, 0.25) is 0 Å². The van der Waals surface area contributed by atoms with Gasteiger partial charge in [0.1, 0.15) is 0 Å². The zero-order chi connectivity index (χ0) is 15.0. The molecule has 1 amide bonds. The standard InChI is InChI=1S/C15H22N2O3/c1-11(2)16-9-8-14(18)17-13(10-15(19)20)12-6-4-3-5-7-12/h3-7,11,13,16H,8-10H2,1-2H3,(H,17,18)(H,19,20). The lowest BCUT2D eigenvalue weighted by atomic mass is 10.0. The number of carboxylic acids is 1. The maximum absolute atomic E-state index is 11.8. The molecule has 0 heterocycles. The number of carbonyl (C=O) groups excluding carboxylic acids is 1. The maximum atomic E-state index is 11.8. The van der Waals surface area contributed by atoms with Crippen LogP contribution in [0.25, 0.3) is 0 Å². The Hall–Kier alpha value is -1.88. The number of rotatable bonds is 8. The van der Waals surface area contributed by atoms with E-state index in [1.807, 2.05) is 44.2 Å². The SMILES string of the molecule is CC(C)NCCC(=O)NC(CC(=O)O)c1ccccc1. The van der Waals surface area contributed by atoms with E-state index < -0.39 is 12.0 Å². The van der Waals surface area contributed by atoms with Crippen LogP contribution in [0, 0.1) is 0 Å². The summed E-state index contributed by atoms with van der Waals surface area (Å²) >= 11 is 0. The zero-order valence-corrected chi connectivity index (χ0v) is 11.9. The van der Waals surface area contributed by atoms with Crippen LogP contribution < -0.4 is 10.6 Å². The summed E-state index contributed by atoms with van der Waals surface area (Å²) in [6.45, 7) is 4.60. The number of hydrogen-bond donors (Lipinski definition) is 3. The van der Waals surface area contributed by atoms with Gasteiger partial charge in [-0.15, -0.1) is 0 Å². The Kier molecular flexibility index (Phi) is 6.73. The Morgan fingerprint density at radius 3 is 2.40 bits per heavy atom. The van der Waals surface area contributed by atoms with Crippen LogP contribution in [0.15, 0.2) is 30.3 Å². The van der Waals surface area contributed by atoms with Gasteiger partial charge in [-0.05, 0) is 5.56 Å². The second-order valence-electron chi connectivity index (χ2n) is 4.99. The van der Waals surface area contributed by atoms with Crippen molar-refractivity contribution in [1.82, 2.24) is 10.6 Å². The van der Waals surface area contributed by atoms with Crippen LogP contribution in [-0.2, 0) is 9.59 Å². The van der Waals surface area contributed by atoms with Gasteiger partial charge in [0, 0.05) is 19.0 Å². The van der Waals surface area contributed by atoms with E-state index in [9.17, 15) is 9.59 Å². The molecule has 1 unspecified atom stereocenters. The summed E-state index contributed by atoms with van der Waals surface area (Å²) in [6.07, 6.45) is 0.217. The highest BCUT2D eigenvalue weighted by Gasteiger charge is 2.17. The minimum Gasteiger partial charge on any atom is -0.481 e. The highest BCUT2D eigenvalue weighted by atomic mass is 16.4. The van der Waals surface area contributed by atoms with E-state index in [2.05, 4.69) is 10.6 Å². The molecule has 0 bridgehead atoms. The van der Waals surface area contributed by atoms with Crippen LogP contribution in [0.1, 0.15) is 38.3 Å². The minimum atomic E-state index is -0.931. The largest absolute Gasteiger partial charge is 0.481 e. The summed E-state index contributed by atoms with van der Waals surface area (Å²) in [5, 5.41) is 14.9. The van der Waals surface area contributed by atoms with E-state index in [0.717, 1.165) is 5.56 Å². The Balaban J connectivity index is 2.57. The molecule has 110 valence electrons. The first-order valence-electron chi connectivity index (χ1n) is 6.78. The first kappa shape index (κ1) is 16.2. The van der Waals surface area contributed by atoms with Crippen LogP contribution in [0.4, 0.5) is 0 Å². The molecule has 1 rings (SSSR count). The Labute approximate surface area is 119 Å². The van der Waals surface area contributed by atoms with E-state index in [0.29, 0.717) is 19.0 Å². The van der Waals surface area contributed by atoms with Crippen molar-refractivity contribution in [3.63, 3.8) is 0 Å². The molecule has 5 nitrogen and oxygen atoms in total. The van der Waals surface area contributed by atoms with Gasteiger partial charge in [0.15, 0.2) is 0 Å². The number of nitrogens with one attached hydrogen (secondary N) is 2. The molecule has 0 radical (unpaired) electrons. The number of aliphatic carboxylic acids is 1. The van der Waals surface area contributed by atoms with Crippen molar-refractivity contribution < 1.29 is 14.7 Å². The van der Waals surface area contributed by atoms with E-state index in [1.165, 1.54) is 0 Å². The molecule has 0 fully saturated rings. The van der Waals surface area contributed by atoms with Gasteiger partial charge in [-0.1, -0.05) is 44.2 Å². The monoisotopic (exact) mass is 278 g/mol. The first-order chi connectivity index (χ1) is 9.49. The molecule has 0 saturated heterocycles. The molecule has 1 aromatic carbocycles. The average molecular weight is 278 g/mol. The molecule has 0 saturated carbocycles. The lowest BCUT2D eigenvalue weighted by Crippen LogP contribution is -2.33. The Morgan fingerprint density at radius 1 is 1.20 bits per heavy atom. The maximum Gasteiger partial charge on any atom is 0.305 e. The molecule has 0 aromatic heterocycles. The number of hydrogen-bond acceptors (Lipinski definition) is 3. The molecule has 1 aromatic rings. The summed E-state index contributed by atoms with van der Waals surface area (Å²) in [7, 11) is 0. The minimum absolute atomic E-state index is 0.118. The molecule has 0 aliphatic heterocycles. The fourth-order valence-corrected chi connectivity index (χ4v) is 1.85. The van der Waals surface area contributed by atoms with Gasteiger partial charge in [-0.2, -0.15) is 0 Å². The highest BCUT2D eigenvalue weighted by molar-refractivity contribution is 5.77. The molecule has 5 heteroatoms. The van der Waals surface area contributed by atoms with Crippen LogP contribution in [0.3, 0.4) is 0 Å². The smallest absolute Gasteiger partial charge is 0.305 e. The van der Waals surface area contributed by atoms with Crippen molar-refractivity contribution in [2.24, 2.45) is 0 Å². The molecule has 1 atom stereocenters. The fourth-order valence-electron chi connectivity index (χ4n) is 1.85. The zero-order valence-electron chi connectivity index (χ0n) is 11.9. The van der Waals surface area contributed by atoms with Crippen LogP contribution >= 0.6 is 0 Å². The predicted molar refractivity (Wildman–Crippen MR) is 77.3 cm³/mol. The van der Waals surface area contributed by atoms with E-state index in [1.54, 1.807) is 0 Å². The van der Waals surface area contributed by atoms with Crippen molar-refractivity contribution in [3.8, 4) is 0 Å². The molecular formula is C15H22N2O3. The Morgan fingerprint density at radius 2 is 1.85 bits per heavy atom. The Bertz CT molecular complexity index is 432. The van der Waals surface area contributed by atoms with E-state index >= 15 is 0 Å². The molecule has 3 N–H and O–H groups in total. The lowest BCUT2D eigenvalue weighted by Gasteiger charge is -2.17. The molecule has 0 aliphatic carbocycles. The normalized spacial score (nSPS) is 12.2. The summed E-state index contributed by atoms with van der Waals surface area (Å²) in [5.74, 6) is -1.08. The predicted octanol–water partition coefficient (Wildman–Crippen LogP) is 1.71. The van der Waals surface area contributed by atoms with Gasteiger partial charge in [0.25, 0.3) is 0 Å². The molecule has 20 heavy (non-hydrogen) atoms. The van der Waals surface area contributed by atoms with Gasteiger partial charge in [0.2, 0.25) is 5.91 Å². The average Bonchev–Trinajstić information content (AvgIpc) is 2.38. The van der Waals surface area contributed by atoms with E-state index in [-0.39, 0.29) is 12.3 Å². The van der Waals surface area contributed by atoms with E-state index in [4.69, 9.17) is 5.11 Å². The van der Waals surface area contributed by atoms with Gasteiger partial charge in [-0.25, -0.2) is 0 Å². The van der Waals surface area contributed by atoms with Crippen LogP contribution in [-0.4, -0.2) is 29.6 Å². The lowest BCUT2D eigenvalue weighted by molar-refractivity contribution is -0.137. The van der Waals surface area contributed by atoms with Gasteiger partial charge in [0.05, 0.1) is 12.5 Å². The summed E-state index contributed by atoms with van der Waals surface area (Å²) in [6, 6.07) is 9.00. The highest BCUT2D eigenvalue weighted by Crippen LogP contribution is 2.16. The molecular weight excluding hydrogens is 256 g/mol. The van der Waals surface area contributed by atoms with Crippen molar-refractivity contribution in [1.29, 1.82) is 0 Å². The number of carboxylic acid groups (broad SMARTS) is 1. The van der Waals surface area contributed by atoms with Gasteiger partial charge < -0.3 is 15.7 Å². The quantitative estimate of drug-likeness (QED) is 0.676. The van der Waals surface area contributed by atoms with Gasteiger partial charge in [-0.3, -0.25) is 9.59 Å². The van der Waals surface area contributed by atoms with Crippen molar-refractivity contribution in [3.05, 3.63) is 35.9 Å². The van der Waals surface area contributed by atoms with Crippen molar-refractivity contribution in [2.45, 2.75) is 38.8 Å². The molecule has 0 spiro atoms. The number of carbonyl (C=O) groups is 2. The topological polar surface area (TPSA) is 78.4 Å². The second kappa shape index (κ2) is 8.32. The third-order valence-corrected chi connectivity index (χ3v) is 2.82. The summed E-state index contributed by atoms with van der Waals surface area (Å²) < 4.78 is 0. The second-order valence-corrected chi connectivity index (χ2v) is 4.99. The summed E-state index contributed by atoms with van der Waals surface area (Å²) in [5.41, 5.74) is 0.806. The van der Waals surface area contributed by atoms with Crippen LogP contribution in [0.5, 0.6) is 0 Å². The van der Waals surface area contributed by atoms with Crippen molar-refractivity contribution in [2.75, 3.05) is 6.54 Å². The molecule has 0 aliphatic rings. The summed E-state index contributed by atoms with van der Waals surface area (Å²) in [4.78, 5) is 22.7.